The lowest BCUT2D eigenvalue weighted by Crippen LogP contribution is -2.52. The molecule has 0 radical (unpaired) electrons. The Kier molecular flexibility index (Phi) is 8.32. The van der Waals surface area contributed by atoms with Crippen LogP contribution in [0, 0.1) is 13.8 Å². The number of urea groups is 2. The number of aliphatic hydroxyl groups excluding tert-OH is 1. The lowest BCUT2D eigenvalue weighted by Gasteiger charge is -2.36. The topological polar surface area (TPSA) is 138 Å². The molecule has 10 nitrogen and oxygen atoms in total. The number of carbonyl (C=O) groups excluding carboxylic acids is 2. The Morgan fingerprint density at radius 2 is 2.03 bits per heavy atom. The first-order valence-corrected chi connectivity index (χ1v) is 10.8. The van der Waals surface area contributed by atoms with Gasteiger partial charge >= 0.3 is 12.1 Å². The third-order valence-corrected chi connectivity index (χ3v) is 5.45. The van der Waals surface area contributed by atoms with Crippen LogP contribution in [0.15, 0.2) is 28.8 Å². The molecule has 0 aliphatic carbocycles. The normalized spacial score (nSPS) is 20.4. The summed E-state index contributed by atoms with van der Waals surface area (Å²) in [6.07, 6.45) is 1.23. The highest BCUT2D eigenvalue weighted by atomic mass is 35.5. The molecule has 1 aliphatic heterocycles. The van der Waals surface area contributed by atoms with Gasteiger partial charge in [0.25, 0.3) is 0 Å². The summed E-state index contributed by atoms with van der Waals surface area (Å²) >= 11 is 5.93. The fraction of sp³-hybridized carbons (Fsp3) is 0.476. The second-order valence-electron chi connectivity index (χ2n) is 7.64. The van der Waals surface area contributed by atoms with Crippen molar-refractivity contribution in [3.8, 4) is 0 Å². The van der Waals surface area contributed by atoms with E-state index in [-0.39, 0.29) is 24.8 Å². The van der Waals surface area contributed by atoms with Crippen molar-refractivity contribution in [2.24, 2.45) is 0 Å². The Morgan fingerprint density at radius 3 is 2.72 bits per heavy atom. The van der Waals surface area contributed by atoms with Crippen LogP contribution in [-0.2, 0) is 4.74 Å². The third-order valence-electron chi connectivity index (χ3n) is 5.22. The van der Waals surface area contributed by atoms with E-state index in [1.165, 1.54) is 0 Å². The first-order chi connectivity index (χ1) is 15.4. The molecule has 4 amide bonds. The van der Waals surface area contributed by atoms with Crippen LogP contribution in [0.5, 0.6) is 0 Å². The highest BCUT2D eigenvalue weighted by molar-refractivity contribution is 6.30. The van der Waals surface area contributed by atoms with Gasteiger partial charge in [-0.2, -0.15) is 0 Å². The van der Waals surface area contributed by atoms with E-state index in [1.54, 1.807) is 38.1 Å². The average Bonchev–Trinajstić information content (AvgIpc) is 3.06. The fourth-order valence-electron chi connectivity index (χ4n) is 3.58. The molecule has 174 valence electrons. The number of carbonyl (C=O) groups is 2. The van der Waals surface area contributed by atoms with Gasteiger partial charge in [-0.1, -0.05) is 22.8 Å². The number of hydrogen-bond acceptors (Lipinski definition) is 6. The molecule has 1 aliphatic rings. The number of nitrogens with zero attached hydrogens (tertiary/aromatic N) is 1. The molecule has 5 N–H and O–H groups in total. The molecule has 0 unspecified atom stereocenters. The summed E-state index contributed by atoms with van der Waals surface area (Å²) < 4.78 is 11.0. The molecule has 2 heterocycles. The van der Waals surface area contributed by atoms with Gasteiger partial charge in [-0.25, -0.2) is 9.59 Å². The predicted molar refractivity (Wildman–Crippen MR) is 120 cm³/mol. The maximum absolute atomic E-state index is 12.3. The molecule has 0 saturated carbocycles. The Bertz CT molecular complexity index is 918. The summed E-state index contributed by atoms with van der Waals surface area (Å²) in [4.78, 5) is 24.4. The van der Waals surface area contributed by atoms with E-state index in [1.807, 2.05) is 0 Å². The van der Waals surface area contributed by atoms with E-state index >= 15 is 0 Å². The van der Waals surface area contributed by atoms with Crippen LogP contribution < -0.4 is 21.3 Å². The zero-order valence-corrected chi connectivity index (χ0v) is 18.7. The van der Waals surface area contributed by atoms with Gasteiger partial charge in [0.15, 0.2) is 5.76 Å². The minimum Gasteiger partial charge on any atom is -0.394 e. The number of benzene rings is 1. The third kappa shape index (κ3) is 6.59. The van der Waals surface area contributed by atoms with Crippen LogP contribution >= 0.6 is 11.6 Å². The number of aliphatic hydroxyl groups is 1. The molecular weight excluding hydrogens is 438 g/mol. The summed E-state index contributed by atoms with van der Waals surface area (Å²) in [5.74, 6) is 0.539. The number of halogens is 1. The van der Waals surface area contributed by atoms with Gasteiger partial charge in [0, 0.05) is 17.3 Å². The highest BCUT2D eigenvalue weighted by Gasteiger charge is 2.31. The number of amides is 4. The number of aromatic nitrogens is 1. The van der Waals surface area contributed by atoms with E-state index in [2.05, 4.69) is 26.4 Å². The van der Waals surface area contributed by atoms with Crippen LogP contribution in [0.1, 0.15) is 30.7 Å². The first-order valence-electron chi connectivity index (χ1n) is 10.4. The second kappa shape index (κ2) is 11.2. The van der Waals surface area contributed by atoms with Crippen LogP contribution in [-0.4, -0.2) is 53.7 Å². The Hall–Kier alpha value is -2.82. The van der Waals surface area contributed by atoms with Crippen LogP contribution in [0.4, 0.5) is 21.0 Å². The van der Waals surface area contributed by atoms with Crippen molar-refractivity contribution < 1.29 is 24.0 Å². The standard InChI is InChI=1S/C21H28ClN5O5/c1-12-19(13(2)32-27-12)26-20(29)23-9-8-16-6-7-17(18(11-28)31-16)25-21(30)24-15-5-3-4-14(22)10-15/h3-5,10,16-18,28H,6-9,11H2,1-2H3,(H2,23,26,29)(H2,24,25,30)/t16-,17+,18-/m1/s1. The van der Waals surface area contributed by atoms with E-state index < -0.39 is 12.1 Å². The number of hydrogen-bond donors (Lipinski definition) is 5. The summed E-state index contributed by atoms with van der Waals surface area (Å²) in [6.45, 7) is 3.64. The molecule has 11 heteroatoms. The van der Waals surface area contributed by atoms with Gasteiger partial charge in [-0.05, 0) is 51.3 Å². The van der Waals surface area contributed by atoms with Crippen molar-refractivity contribution in [2.75, 3.05) is 23.8 Å². The minimum absolute atomic E-state index is 0.138. The van der Waals surface area contributed by atoms with Gasteiger partial charge in [-0.15, -0.1) is 0 Å². The zero-order valence-electron chi connectivity index (χ0n) is 18.0. The molecule has 1 aromatic carbocycles. The molecule has 0 spiro atoms. The van der Waals surface area contributed by atoms with Gasteiger partial charge in [0.1, 0.15) is 17.5 Å². The quantitative estimate of drug-likeness (QED) is 0.425. The van der Waals surface area contributed by atoms with Crippen LogP contribution in [0.25, 0.3) is 0 Å². The van der Waals surface area contributed by atoms with Crippen LogP contribution in [0.2, 0.25) is 5.02 Å². The predicted octanol–water partition coefficient (Wildman–Crippen LogP) is 3.19. The van der Waals surface area contributed by atoms with Crippen molar-refractivity contribution in [1.29, 1.82) is 0 Å². The number of nitrogens with one attached hydrogen (secondary N) is 4. The number of rotatable bonds is 7. The Morgan fingerprint density at radius 1 is 1.22 bits per heavy atom. The summed E-state index contributed by atoms with van der Waals surface area (Å²) in [5, 5.41) is 25.1. The SMILES string of the molecule is Cc1noc(C)c1NC(=O)NCC[C@H]1CC[C@H](NC(=O)Nc2cccc(Cl)c2)[C@@H](CO)O1. The lowest BCUT2D eigenvalue weighted by molar-refractivity contribution is -0.0885. The van der Waals surface area contributed by atoms with E-state index in [4.69, 9.17) is 20.9 Å². The molecule has 3 rings (SSSR count). The first kappa shape index (κ1) is 23.8. The van der Waals surface area contributed by atoms with Gasteiger partial charge in [0.2, 0.25) is 0 Å². The summed E-state index contributed by atoms with van der Waals surface area (Å²) in [7, 11) is 0. The highest BCUT2D eigenvalue weighted by Crippen LogP contribution is 2.22. The van der Waals surface area contributed by atoms with Gasteiger partial charge < -0.3 is 35.6 Å². The van der Waals surface area contributed by atoms with Gasteiger partial charge in [-0.3, -0.25) is 0 Å². The van der Waals surface area contributed by atoms with E-state index in [0.29, 0.717) is 53.7 Å². The van der Waals surface area contributed by atoms with E-state index in [0.717, 1.165) is 0 Å². The van der Waals surface area contributed by atoms with Crippen molar-refractivity contribution in [3.05, 3.63) is 40.7 Å². The molecule has 1 saturated heterocycles. The molecule has 2 aromatic rings. The molecule has 32 heavy (non-hydrogen) atoms. The lowest BCUT2D eigenvalue weighted by atomic mass is 9.97. The van der Waals surface area contributed by atoms with Crippen LogP contribution in [0.3, 0.4) is 0 Å². The van der Waals surface area contributed by atoms with Crippen molar-refractivity contribution in [2.45, 2.75) is 51.4 Å². The molecule has 0 bridgehead atoms. The smallest absolute Gasteiger partial charge is 0.319 e. The maximum atomic E-state index is 12.3. The molecule has 1 aromatic heterocycles. The number of anilines is 2. The summed E-state index contributed by atoms with van der Waals surface area (Å²) in [6, 6.07) is 5.76. The summed E-state index contributed by atoms with van der Waals surface area (Å²) in [5.41, 5.74) is 1.74. The second-order valence-corrected chi connectivity index (χ2v) is 8.08. The van der Waals surface area contributed by atoms with Crippen molar-refractivity contribution >= 4 is 35.0 Å². The number of ether oxygens (including phenoxy) is 1. The maximum Gasteiger partial charge on any atom is 0.319 e. The average molecular weight is 466 g/mol. The van der Waals surface area contributed by atoms with Crippen molar-refractivity contribution in [1.82, 2.24) is 15.8 Å². The Labute approximate surface area is 191 Å². The van der Waals surface area contributed by atoms with Crippen molar-refractivity contribution in [3.63, 3.8) is 0 Å². The minimum atomic E-state index is -0.532. The van der Waals surface area contributed by atoms with E-state index in [9.17, 15) is 14.7 Å². The molecule has 1 fully saturated rings. The largest absolute Gasteiger partial charge is 0.394 e. The fourth-order valence-corrected chi connectivity index (χ4v) is 3.77. The Balaban J connectivity index is 1.41. The zero-order chi connectivity index (χ0) is 23.1. The monoisotopic (exact) mass is 465 g/mol. The molecule has 3 atom stereocenters. The van der Waals surface area contributed by atoms with Gasteiger partial charge in [0.05, 0.1) is 18.8 Å². The number of aryl methyl sites for hydroxylation is 2. The molecular formula is C21H28ClN5O5.